The van der Waals surface area contributed by atoms with E-state index in [2.05, 4.69) is 4.74 Å². The Hall–Kier alpha value is -2.00. The lowest BCUT2D eigenvalue weighted by Gasteiger charge is -2.19. The number of thioether (sulfide) groups is 1. The molecule has 0 spiro atoms. The molecule has 1 aromatic carbocycles. The van der Waals surface area contributed by atoms with Gasteiger partial charge in [0, 0.05) is 7.05 Å². The van der Waals surface area contributed by atoms with Crippen molar-refractivity contribution < 1.29 is 14.3 Å². The molecule has 100 valence electrons. The Morgan fingerprint density at radius 1 is 1.42 bits per heavy atom. The second-order valence-electron chi connectivity index (χ2n) is 3.61. The third kappa shape index (κ3) is 4.00. The van der Waals surface area contributed by atoms with E-state index in [1.54, 1.807) is 31.3 Å². The standard InChI is InChI=1S/C13H14N2O3S/c1-15(12(16)9-19-8-7-14)11-6-4-3-5-10(11)13(17)18-2/h3-6H,8-9H2,1-2H3. The average Bonchev–Trinajstić information content (AvgIpc) is 2.45. The summed E-state index contributed by atoms with van der Waals surface area (Å²) in [4.78, 5) is 24.9. The SMILES string of the molecule is COC(=O)c1ccccc1N(C)C(=O)CSCC#N. The summed E-state index contributed by atoms with van der Waals surface area (Å²) in [6.45, 7) is 0. The van der Waals surface area contributed by atoms with Crippen molar-refractivity contribution in [2.75, 3.05) is 30.6 Å². The van der Waals surface area contributed by atoms with E-state index >= 15 is 0 Å². The molecule has 0 saturated carbocycles. The molecule has 5 nitrogen and oxygen atoms in total. The number of hydrogen-bond acceptors (Lipinski definition) is 5. The van der Waals surface area contributed by atoms with Crippen molar-refractivity contribution in [1.29, 1.82) is 5.26 Å². The number of nitriles is 1. The molecule has 0 fully saturated rings. The van der Waals surface area contributed by atoms with Gasteiger partial charge in [0.25, 0.3) is 0 Å². The van der Waals surface area contributed by atoms with E-state index in [9.17, 15) is 9.59 Å². The summed E-state index contributed by atoms with van der Waals surface area (Å²) in [5.74, 6) is -0.200. The summed E-state index contributed by atoms with van der Waals surface area (Å²) in [5.41, 5.74) is 0.836. The fraction of sp³-hybridized carbons (Fsp3) is 0.308. The Morgan fingerprint density at radius 2 is 2.11 bits per heavy atom. The molecule has 1 rings (SSSR count). The number of hydrogen-bond donors (Lipinski definition) is 0. The highest BCUT2D eigenvalue weighted by Gasteiger charge is 2.18. The zero-order chi connectivity index (χ0) is 14.3. The first-order chi connectivity index (χ1) is 9.11. The zero-order valence-corrected chi connectivity index (χ0v) is 11.6. The fourth-order valence-corrected chi connectivity index (χ4v) is 2.03. The van der Waals surface area contributed by atoms with E-state index in [-0.39, 0.29) is 17.4 Å². The van der Waals surface area contributed by atoms with Crippen molar-refractivity contribution in [2.24, 2.45) is 0 Å². The Morgan fingerprint density at radius 3 is 2.74 bits per heavy atom. The number of esters is 1. The van der Waals surface area contributed by atoms with E-state index in [4.69, 9.17) is 5.26 Å². The number of amides is 1. The lowest BCUT2D eigenvalue weighted by molar-refractivity contribution is -0.115. The lowest BCUT2D eigenvalue weighted by Crippen LogP contribution is -2.29. The van der Waals surface area contributed by atoms with Gasteiger partial charge in [-0.3, -0.25) is 4.79 Å². The molecule has 19 heavy (non-hydrogen) atoms. The quantitative estimate of drug-likeness (QED) is 0.605. The fourth-order valence-electron chi connectivity index (χ4n) is 1.46. The van der Waals surface area contributed by atoms with Gasteiger partial charge in [-0.25, -0.2) is 4.79 Å². The van der Waals surface area contributed by atoms with Gasteiger partial charge in [0.15, 0.2) is 0 Å². The summed E-state index contributed by atoms with van der Waals surface area (Å²) in [6, 6.07) is 8.69. The Labute approximate surface area is 116 Å². The predicted molar refractivity (Wildman–Crippen MR) is 74.1 cm³/mol. The molecule has 6 heteroatoms. The molecule has 0 radical (unpaired) electrons. The molecule has 0 aromatic heterocycles. The van der Waals surface area contributed by atoms with E-state index in [1.807, 2.05) is 6.07 Å². The van der Waals surface area contributed by atoms with Gasteiger partial charge >= 0.3 is 5.97 Å². The van der Waals surface area contributed by atoms with Crippen molar-refractivity contribution in [2.45, 2.75) is 0 Å². The maximum Gasteiger partial charge on any atom is 0.339 e. The van der Waals surface area contributed by atoms with Crippen LogP contribution < -0.4 is 4.90 Å². The van der Waals surface area contributed by atoms with Crippen molar-refractivity contribution >= 4 is 29.3 Å². The molecule has 0 saturated heterocycles. The number of benzene rings is 1. The Balaban J connectivity index is 2.87. The summed E-state index contributed by atoms with van der Waals surface area (Å²) >= 11 is 1.24. The highest BCUT2D eigenvalue weighted by molar-refractivity contribution is 8.00. The molecular weight excluding hydrogens is 264 g/mol. The normalized spacial score (nSPS) is 9.53. The van der Waals surface area contributed by atoms with Gasteiger partial charge in [-0.2, -0.15) is 5.26 Å². The molecule has 1 aromatic rings. The monoisotopic (exact) mass is 278 g/mol. The number of anilines is 1. The summed E-state index contributed by atoms with van der Waals surface area (Å²) < 4.78 is 4.68. The smallest absolute Gasteiger partial charge is 0.339 e. The Bertz CT molecular complexity index is 511. The van der Waals surface area contributed by atoms with Gasteiger partial charge in [-0.05, 0) is 12.1 Å². The molecule has 0 N–H and O–H groups in total. The highest BCUT2D eigenvalue weighted by Crippen LogP contribution is 2.20. The van der Waals surface area contributed by atoms with Crippen LogP contribution in [0.15, 0.2) is 24.3 Å². The van der Waals surface area contributed by atoms with Crippen molar-refractivity contribution in [3.63, 3.8) is 0 Å². The van der Waals surface area contributed by atoms with Crippen LogP contribution in [0.2, 0.25) is 0 Å². The zero-order valence-electron chi connectivity index (χ0n) is 10.8. The number of nitrogens with zero attached hydrogens (tertiary/aromatic N) is 2. The molecule has 0 aliphatic rings. The van der Waals surface area contributed by atoms with Crippen LogP contribution in [0.3, 0.4) is 0 Å². The first-order valence-corrected chi connectivity index (χ1v) is 6.66. The molecule has 0 heterocycles. The van der Waals surface area contributed by atoms with Gasteiger partial charge in [0.1, 0.15) is 0 Å². The van der Waals surface area contributed by atoms with Crippen LogP contribution in [0, 0.1) is 11.3 Å². The van der Waals surface area contributed by atoms with Crippen LogP contribution in [0.25, 0.3) is 0 Å². The number of para-hydroxylation sites is 1. The molecule has 1 amide bonds. The number of carbonyl (C=O) groups is 2. The van der Waals surface area contributed by atoms with Gasteiger partial charge in [-0.15, -0.1) is 11.8 Å². The van der Waals surface area contributed by atoms with Gasteiger partial charge in [0.05, 0.1) is 35.9 Å². The van der Waals surface area contributed by atoms with Crippen LogP contribution in [0.1, 0.15) is 10.4 Å². The summed E-state index contributed by atoms with van der Waals surface area (Å²) in [5, 5.41) is 8.43. The van der Waals surface area contributed by atoms with E-state index < -0.39 is 5.97 Å². The summed E-state index contributed by atoms with van der Waals surface area (Å²) in [6.07, 6.45) is 0. The van der Waals surface area contributed by atoms with Crippen LogP contribution in [0.4, 0.5) is 5.69 Å². The number of carbonyl (C=O) groups excluding carboxylic acids is 2. The lowest BCUT2D eigenvalue weighted by atomic mass is 10.1. The summed E-state index contributed by atoms with van der Waals surface area (Å²) in [7, 11) is 2.89. The van der Waals surface area contributed by atoms with Crippen LogP contribution in [-0.2, 0) is 9.53 Å². The van der Waals surface area contributed by atoms with E-state index in [0.29, 0.717) is 11.3 Å². The van der Waals surface area contributed by atoms with Crippen molar-refractivity contribution in [1.82, 2.24) is 0 Å². The second-order valence-corrected chi connectivity index (χ2v) is 4.60. The molecule has 0 bridgehead atoms. The third-order valence-corrected chi connectivity index (χ3v) is 3.22. The first-order valence-electron chi connectivity index (χ1n) is 5.50. The maximum atomic E-state index is 11.9. The Kier molecular flexibility index (Phi) is 5.90. The third-order valence-electron chi connectivity index (χ3n) is 2.44. The molecular formula is C13H14N2O3S. The van der Waals surface area contributed by atoms with E-state index in [1.165, 1.54) is 23.8 Å². The largest absolute Gasteiger partial charge is 0.465 e. The highest BCUT2D eigenvalue weighted by atomic mass is 32.2. The number of methoxy groups -OCH3 is 1. The van der Waals surface area contributed by atoms with Crippen LogP contribution in [0.5, 0.6) is 0 Å². The van der Waals surface area contributed by atoms with Crippen molar-refractivity contribution in [3.05, 3.63) is 29.8 Å². The van der Waals surface area contributed by atoms with Gasteiger partial charge in [0.2, 0.25) is 5.91 Å². The van der Waals surface area contributed by atoms with Crippen molar-refractivity contribution in [3.8, 4) is 6.07 Å². The predicted octanol–water partition coefficient (Wildman–Crippen LogP) is 1.69. The maximum absolute atomic E-state index is 11.9. The second kappa shape index (κ2) is 7.44. The van der Waals surface area contributed by atoms with E-state index in [0.717, 1.165) is 0 Å². The molecule has 0 unspecified atom stereocenters. The average molecular weight is 278 g/mol. The van der Waals surface area contributed by atoms with Crippen LogP contribution >= 0.6 is 11.8 Å². The van der Waals surface area contributed by atoms with Gasteiger partial charge < -0.3 is 9.64 Å². The molecule has 0 atom stereocenters. The topological polar surface area (TPSA) is 70.4 Å². The minimum absolute atomic E-state index is 0.170. The first kappa shape index (κ1) is 15.1. The molecule has 0 aliphatic carbocycles. The number of ether oxygens (including phenoxy) is 1. The molecule has 0 aliphatic heterocycles. The number of rotatable bonds is 5. The minimum Gasteiger partial charge on any atom is -0.465 e. The minimum atomic E-state index is -0.486. The van der Waals surface area contributed by atoms with Gasteiger partial charge in [-0.1, -0.05) is 12.1 Å². The van der Waals surface area contributed by atoms with Crippen LogP contribution in [-0.4, -0.2) is 37.5 Å².